The largest absolute Gasteiger partial charge is 0.306 e. The average Bonchev–Trinajstić information content (AvgIpc) is 3.06. The van der Waals surface area contributed by atoms with Crippen molar-refractivity contribution < 1.29 is 12.8 Å². The number of nitrogens with zero attached hydrogens (tertiary/aromatic N) is 2. The van der Waals surface area contributed by atoms with Crippen LogP contribution in [0, 0.1) is 5.82 Å². The Hall–Kier alpha value is -3.19. The van der Waals surface area contributed by atoms with Gasteiger partial charge in [-0.25, -0.2) is 17.8 Å². The van der Waals surface area contributed by atoms with Crippen LogP contribution < -0.4 is 4.72 Å². The standard InChI is InChI=1S/C19H14FN3O2S/c20-16-5-1-2-6-18(16)26(24,25)22-15-10-8-14(9-11-15)17-13-23-12-4-3-7-19(23)21-17/h1-13,22H. The number of imidazole rings is 1. The quantitative estimate of drug-likeness (QED) is 0.594. The second-order valence-corrected chi connectivity index (χ2v) is 7.36. The van der Waals surface area contributed by atoms with Crippen molar-refractivity contribution in [1.29, 1.82) is 0 Å². The Morgan fingerprint density at radius 2 is 1.65 bits per heavy atom. The SMILES string of the molecule is O=S(=O)(Nc1ccc(-c2cn3ccccc3n2)cc1)c1ccccc1F. The zero-order valence-electron chi connectivity index (χ0n) is 13.5. The smallest absolute Gasteiger partial charge is 0.264 e. The van der Waals surface area contributed by atoms with Gasteiger partial charge >= 0.3 is 0 Å². The number of pyridine rings is 1. The van der Waals surface area contributed by atoms with Gasteiger partial charge in [-0.05, 0) is 36.4 Å². The van der Waals surface area contributed by atoms with Crippen LogP contribution in [0.15, 0.2) is 84.0 Å². The van der Waals surface area contributed by atoms with Crippen LogP contribution in [0.25, 0.3) is 16.9 Å². The van der Waals surface area contributed by atoms with Crippen molar-refractivity contribution in [3.05, 3.63) is 84.9 Å². The molecule has 0 aliphatic heterocycles. The summed E-state index contributed by atoms with van der Waals surface area (Å²) >= 11 is 0. The van der Waals surface area contributed by atoms with Gasteiger partial charge in [-0.3, -0.25) is 4.72 Å². The Labute approximate surface area is 149 Å². The summed E-state index contributed by atoms with van der Waals surface area (Å²) in [6.45, 7) is 0. The van der Waals surface area contributed by atoms with Gasteiger partial charge in [0, 0.05) is 23.6 Å². The number of sulfonamides is 1. The molecule has 0 unspecified atom stereocenters. The molecule has 5 nitrogen and oxygen atoms in total. The first-order chi connectivity index (χ1) is 12.5. The minimum Gasteiger partial charge on any atom is -0.306 e. The number of hydrogen-bond acceptors (Lipinski definition) is 3. The summed E-state index contributed by atoms with van der Waals surface area (Å²) in [7, 11) is -3.99. The Balaban J connectivity index is 1.61. The van der Waals surface area contributed by atoms with Crippen LogP contribution in [0.2, 0.25) is 0 Å². The van der Waals surface area contributed by atoms with E-state index in [1.54, 1.807) is 24.3 Å². The number of rotatable bonds is 4. The van der Waals surface area contributed by atoms with Crippen LogP contribution in [-0.2, 0) is 10.0 Å². The molecule has 2 heterocycles. The maximum atomic E-state index is 13.7. The number of halogens is 1. The fraction of sp³-hybridized carbons (Fsp3) is 0. The van der Waals surface area contributed by atoms with E-state index in [0.29, 0.717) is 5.69 Å². The second-order valence-electron chi connectivity index (χ2n) is 5.71. The first-order valence-electron chi connectivity index (χ1n) is 7.84. The van der Waals surface area contributed by atoms with E-state index in [4.69, 9.17) is 0 Å². The summed E-state index contributed by atoms with van der Waals surface area (Å²) in [5.74, 6) is -0.790. The summed E-state index contributed by atoms with van der Waals surface area (Å²) in [5, 5.41) is 0. The molecule has 1 N–H and O–H groups in total. The predicted molar refractivity (Wildman–Crippen MR) is 97.8 cm³/mol. The van der Waals surface area contributed by atoms with Gasteiger partial charge in [-0.15, -0.1) is 0 Å². The molecule has 4 rings (SSSR count). The minimum atomic E-state index is -3.99. The summed E-state index contributed by atoms with van der Waals surface area (Å²) in [6.07, 6.45) is 3.80. The third-order valence-corrected chi connectivity index (χ3v) is 5.34. The summed E-state index contributed by atoms with van der Waals surface area (Å²) in [4.78, 5) is 4.14. The second kappa shape index (κ2) is 6.27. The highest BCUT2D eigenvalue weighted by Gasteiger charge is 2.18. The van der Waals surface area contributed by atoms with Crippen LogP contribution >= 0.6 is 0 Å². The highest BCUT2D eigenvalue weighted by molar-refractivity contribution is 7.92. The van der Waals surface area contributed by atoms with Crippen LogP contribution in [0.1, 0.15) is 0 Å². The molecule has 4 aromatic rings. The monoisotopic (exact) mass is 367 g/mol. The highest BCUT2D eigenvalue weighted by Crippen LogP contribution is 2.23. The molecule has 2 aromatic carbocycles. The molecule has 130 valence electrons. The van der Waals surface area contributed by atoms with Gasteiger partial charge in [0.1, 0.15) is 16.4 Å². The van der Waals surface area contributed by atoms with Crippen molar-refractivity contribution in [1.82, 2.24) is 9.38 Å². The molecule has 0 bridgehead atoms. The van der Waals surface area contributed by atoms with Crippen LogP contribution in [0.3, 0.4) is 0 Å². The Kier molecular flexibility index (Phi) is 3.93. The number of anilines is 1. The normalized spacial score (nSPS) is 11.6. The highest BCUT2D eigenvalue weighted by atomic mass is 32.2. The Bertz CT molecular complexity index is 1150. The molecule has 2 aromatic heterocycles. The molecule has 7 heteroatoms. The van der Waals surface area contributed by atoms with Gasteiger partial charge in [0.2, 0.25) is 0 Å². The van der Waals surface area contributed by atoms with Crippen molar-refractivity contribution in [2.24, 2.45) is 0 Å². The van der Waals surface area contributed by atoms with Gasteiger partial charge in [0.05, 0.1) is 5.69 Å². The molecule has 0 atom stereocenters. The Morgan fingerprint density at radius 1 is 0.923 bits per heavy atom. The van der Waals surface area contributed by atoms with E-state index >= 15 is 0 Å². The molecular formula is C19H14FN3O2S. The lowest BCUT2D eigenvalue weighted by Crippen LogP contribution is -2.14. The summed E-state index contributed by atoms with van der Waals surface area (Å²) in [5.41, 5.74) is 2.80. The van der Waals surface area contributed by atoms with E-state index < -0.39 is 15.8 Å². The van der Waals surface area contributed by atoms with Crippen molar-refractivity contribution in [3.8, 4) is 11.3 Å². The first-order valence-corrected chi connectivity index (χ1v) is 9.33. The third-order valence-electron chi connectivity index (χ3n) is 3.92. The minimum absolute atomic E-state index is 0.348. The third kappa shape index (κ3) is 3.04. The fourth-order valence-corrected chi connectivity index (χ4v) is 3.79. The van der Waals surface area contributed by atoms with Crippen molar-refractivity contribution in [3.63, 3.8) is 0 Å². The summed E-state index contributed by atoms with van der Waals surface area (Å²) in [6, 6.07) is 17.8. The molecular weight excluding hydrogens is 353 g/mol. The van der Waals surface area contributed by atoms with Crippen LogP contribution in [-0.4, -0.2) is 17.8 Å². The average molecular weight is 367 g/mol. The molecule has 0 spiro atoms. The fourth-order valence-electron chi connectivity index (χ4n) is 2.66. The number of nitrogens with one attached hydrogen (secondary N) is 1. The molecule has 0 saturated heterocycles. The lowest BCUT2D eigenvalue weighted by atomic mass is 10.1. The van der Waals surface area contributed by atoms with E-state index in [9.17, 15) is 12.8 Å². The van der Waals surface area contributed by atoms with Crippen molar-refractivity contribution in [2.75, 3.05) is 4.72 Å². The lowest BCUT2D eigenvalue weighted by molar-refractivity contribution is 0.570. The molecule has 0 aliphatic carbocycles. The van der Waals surface area contributed by atoms with E-state index in [0.717, 1.165) is 23.0 Å². The van der Waals surface area contributed by atoms with Crippen LogP contribution in [0.4, 0.5) is 10.1 Å². The predicted octanol–water partition coefficient (Wildman–Crippen LogP) is 3.94. The maximum absolute atomic E-state index is 13.7. The van der Waals surface area contributed by atoms with Crippen LogP contribution in [0.5, 0.6) is 0 Å². The topological polar surface area (TPSA) is 63.5 Å². The van der Waals surface area contributed by atoms with Gasteiger partial charge in [-0.1, -0.05) is 30.3 Å². The molecule has 0 aliphatic rings. The van der Waals surface area contributed by atoms with Gasteiger partial charge in [-0.2, -0.15) is 0 Å². The van der Waals surface area contributed by atoms with E-state index in [2.05, 4.69) is 9.71 Å². The van der Waals surface area contributed by atoms with Crippen molar-refractivity contribution >= 4 is 21.4 Å². The first kappa shape index (κ1) is 16.3. The van der Waals surface area contributed by atoms with Gasteiger partial charge in [0.25, 0.3) is 10.0 Å². The zero-order chi connectivity index (χ0) is 18.1. The molecule has 26 heavy (non-hydrogen) atoms. The zero-order valence-corrected chi connectivity index (χ0v) is 14.3. The Morgan fingerprint density at radius 3 is 2.38 bits per heavy atom. The summed E-state index contributed by atoms with van der Waals surface area (Å²) < 4.78 is 42.7. The van der Waals surface area contributed by atoms with E-state index in [1.165, 1.54) is 18.2 Å². The number of benzene rings is 2. The number of aromatic nitrogens is 2. The van der Waals surface area contributed by atoms with Gasteiger partial charge in [0.15, 0.2) is 0 Å². The molecule has 0 radical (unpaired) electrons. The number of fused-ring (bicyclic) bond motifs is 1. The lowest BCUT2D eigenvalue weighted by Gasteiger charge is -2.09. The molecule has 0 saturated carbocycles. The van der Waals surface area contributed by atoms with E-state index in [-0.39, 0.29) is 4.90 Å². The molecule has 0 amide bonds. The molecule has 0 fully saturated rings. The van der Waals surface area contributed by atoms with E-state index in [1.807, 2.05) is 35.0 Å². The van der Waals surface area contributed by atoms with Crippen molar-refractivity contribution in [2.45, 2.75) is 4.90 Å². The number of hydrogen-bond donors (Lipinski definition) is 1. The maximum Gasteiger partial charge on any atom is 0.264 e. The van der Waals surface area contributed by atoms with Gasteiger partial charge < -0.3 is 4.40 Å².